The standard InChI is InChI=1S/C20H19N3O3/c1-13-19-21-15-9-5-6-10-16(15)23(19)17(11-18(24)25)20(26)22(13)12-14-7-3-2-4-8-14/h2-10,13,17H,11-12H2,1H3,(H,24,25)/p-1. The maximum atomic E-state index is 13.2. The third kappa shape index (κ3) is 2.63. The molecule has 2 atom stereocenters. The number of benzene rings is 2. The van der Waals surface area contributed by atoms with Crippen molar-refractivity contribution in [3.8, 4) is 0 Å². The van der Waals surface area contributed by atoms with Crippen molar-refractivity contribution in [3.63, 3.8) is 0 Å². The van der Waals surface area contributed by atoms with E-state index in [2.05, 4.69) is 4.98 Å². The smallest absolute Gasteiger partial charge is 0.247 e. The molecule has 0 fully saturated rings. The van der Waals surface area contributed by atoms with Gasteiger partial charge in [0.05, 0.1) is 17.1 Å². The van der Waals surface area contributed by atoms with Crippen LogP contribution in [0.2, 0.25) is 0 Å². The summed E-state index contributed by atoms with van der Waals surface area (Å²) < 4.78 is 1.76. The molecule has 2 heterocycles. The first-order valence-corrected chi connectivity index (χ1v) is 8.57. The molecule has 1 aromatic heterocycles. The first-order valence-electron chi connectivity index (χ1n) is 8.57. The topological polar surface area (TPSA) is 78.3 Å². The third-order valence-corrected chi connectivity index (χ3v) is 4.90. The van der Waals surface area contributed by atoms with Crippen LogP contribution in [-0.2, 0) is 16.1 Å². The van der Waals surface area contributed by atoms with E-state index in [1.807, 2.05) is 61.5 Å². The zero-order valence-electron chi connectivity index (χ0n) is 14.3. The number of para-hydroxylation sites is 2. The Hall–Kier alpha value is -3.15. The van der Waals surface area contributed by atoms with Crippen LogP contribution in [0.1, 0.15) is 36.8 Å². The fraction of sp³-hybridized carbons (Fsp3) is 0.250. The number of aliphatic carboxylic acids is 1. The van der Waals surface area contributed by atoms with E-state index < -0.39 is 12.0 Å². The van der Waals surface area contributed by atoms with Crippen molar-refractivity contribution in [1.82, 2.24) is 14.5 Å². The molecule has 6 nitrogen and oxygen atoms in total. The summed E-state index contributed by atoms with van der Waals surface area (Å²) in [6.45, 7) is 2.33. The Balaban J connectivity index is 1.82. The molecule has 2 unspecified atom stereocenters. The van der Waals surface area contributed by atoms with Gasteiger partial charge in [-0.05, 0) is 24.6 Å². The lowest BCUT2D eigenvalue weighted by Gasteiger charge is -2.38. The predicted octanol–water partition coefficient (Wildman–Crippen LogP) is 1.82. The molecule has 0 saturated heterocycles. The number of imidazole rings is 1. The fourth-order valence-electron chi connectivity index (χ4n) is 3.65. The van der Waals surface area contributed by atoms with Crippen molar-refractivity contribution in [2.24, 2.45) is 0 Å². The number of rotatable bonds is 4. The third-order valence-electron chi connectivity index (χ3n) is 4.90. The van der Waals surface area contributed by atoms with Crippen LogP contribution in [0.3, 0.4) is 0 Å². The maximum absolute atomic E-state index is 13.2. The van der Waals surface area contributed by atoms with Gasteiger partial charge in [0.1, 0.15) is 11.9 Å². The zero-order valence-corrected chi connectivity index (χ0v) is 14.3. The second-order valence-corrected chi connectivity index (χ2v) is 6.55. The van der Waals surface area contributed by atoms with E-state index >= 15 is 0 Å². The van der Waals surface area contributed by atoms with E-state index in [4.69, 9.17) is 0 Å². The Morgan fingerprint density at radius 1 is 1.12 bits per heavy atom. The lowest BCUT2D eigenvalue weighted by Crippen LogP contribution is -2.46. The highest BCUT2D eigenvalue weighted by atomic mass is 16.4. The van der Waals surface area contributed by atoms with Crippen molar-refractivity contribution in [2.45, 2.75) is 32.0 Å². The van der Waals surface area contributed by atoms with Crippen molar-refractivity contribution in [3.05, 3.63) is 66.0 Å². The minimum absolute atomic E-state index is 0.221. The average Bonchev–Trinajstić information content (AvgIpc) is 3.03. The summed E-state index contributed by atoms with van der Waals surface area (Å²) in [5.41, 5.74) is 2.52. The van der Waals surface area contributed by atoms with Gasteiger partial charge in [-0.25, -0.2) is 4.98 Å². The fourth-order valence-corrected chi connectivity index (χ4v) is 3.65. The highest BCUT2D eigenvalue weighted by molar-refractivity contribution is 5.89. The second kappa shape index (κ2) is 6.29. The van der Waals surface area contributed by atoms with Gasteiger partial charge in [-0.1, -0.05) is 42.5 Å². The summed E-state index contributed by atoms with van der Waals surface area (Å²) in [4.78, 5) is 30.9. The normalized spacial score (nSPS) is 19.6. The molecule has 1 aliphatic rings. The molecule has 26 heavy (non-hydrogen) atoms. The number of amides is 1. The largest absolute Gasteiger partial charge is 0.550 e. The van der Waals surface area contributed by atoms with Crippen LogP contribution in [0.25, 0.3) is 11.0 Å². The van der Waals surface area contributed by atoms with Crippen LogP contribution in [-0.4, -0.2) is 26.3 Å². The van der Waals surface area contributed by atoms with Crippen LogP contribution in [0, 0.1) is 0 Å². The summed E-state index contributed by atoms with van der Waals surface area (Å²) in [5.74, 6) is -0.768. The van der Waals surface area contributed by atoms with E-state index in [0.29, 0.717) is 12.4 Å². The molecule has 3 aromatic rings. The number of carboxylic acids is 1. The molecule has 0 spiro atoms. The van der Waals surface area contributed by atoms with Crippen LogP contribution in [0.15, 0.2) is 54.6 Å². The number of hydrogen-bond acceptors (Lipinski definition) is 4. The summed E-state index contributed by atoms with van der Waals surface area (Å²) in [5, 5.41) is 11.3. The van der Waals surface area contributed by atoms with Crippen LogP contribution in [0.4, 0.5) is 0 Å². The monoisotopic (exact) mass is 348 g/mol. The molecule has 0 N–H and O–H groups in total. The van der Waals surface area contributed by atoms with E-state index in [9.17, 15) is 14.7 Å². The molecule has 132 valence electrons. The lowest BCUT2D eigenvalue weighted by atomic mass is 10.0. The molecule has 1 amide bonds. The number of hydrogen-bond donors (Lipinski definition) is 0. The highest BCUT2D eigenvalue weighted by Gasteiger charge is 2.39. The molecule has 1 aliphatic heterocycles. The number of carbonyl (C=O) groups excluding carboxylic acids is 2. The maximum Gasteiger partial charge on any atom is 0.247 e. The van der Waals surface area contributed by atoms with Crippen molar-refractivity contribution in [2.75, 3.05) is 0 Å². The van der Waals surface area contributed by atoms with Gasteiger partial charge < -0.3 is 19.4 Å². The Morgan fingerprint density at radius 2 is 1.81 bits per heavy atom. The lowest BCUT2D eigenvalue weighted by molar-refractivity contribution is -0.306. The molecule has 0 saturated carbocycles. The molecule has 4 rings (SSSR count). The van der Waals surface area contributed by atoms with Crippen LogP contribution < -0.4 is 5.11 Å². The zero-order chi connectivity index (χ0) is 18.3. The Labute approximate surface area is 150 Å². The minimum atomic E-state index is -1.25. The van der Waals surface area contributed by atoms with Gasteiger partial charge in [0, 0.05) is 18.9 Å². The SMILES string of the molecule is CC1c2nc3ccccc3n2C(CC(=O)[O-])C(=O)N1Cc1ccccc1. The summed E-state index contributed by atoms with van der Waals surface area (Å²) in [6.07, 6.45) is -0.371. The Kier molecular flexibility index (Phi) is 3.95. The molecule has 2 aromatic carbocycles. The summed E-state index contributed by atoms with van der Waals surface area (Å²) >= 11 is 0. The van der Waals surface area contributed by atoms with Crippen LogP contribution in [0.5, 0.6) is 0 Å². The number of carbonyl (C=O) groups is 2. The van der Waals surface area contributed by atoms with Gasteiger partial charge in [-0.2, -0.15) is 0 Å². The number of carboxylic acid groups (broad SMARTS) is 1. The number of aromatic nitrogens is 2. The predicted molar refractivity (Wildman–Crippen MR) is 93.8 cm³/mol. The molecule has 0 radical (unpaired) electrons. The first-order chi connectivity index (χ1) is 12.6. The quantitative estimate of drug-likeness (QED) is 0.720. The van der Waals surface area contributed by atoms with Gasteiger partial charge in [-0.15, -0.1) is 0 Å². The van der Waals surface area contributed by atoms with Crippen molar-refractivity contribution >= 4 is 22.9 Å². The minimum Gasteiger partial charge on any atom is -0.550 e. The van der Waals surface area contributed by atoms with Crippen molar-refractivity contribution < 1.29 is 14.7 Å². The van der Waals surface area contributed by atoms with E-state index in [1.165, 1.54) is 0 Å². The molecule has 0 aliphatic carbocycles. The van der Waals surface area contributed by atoms with Gasteiger partial charge in [-0.3, -0.25) is 4.79 Å². The van der Waals surface area contributed by atoms with E-state index in [0.717, 1.165) is 16.6 Å². The van der Waals surface area contributed by atoms with E-state index in [1.54, 1.807) is 9.47 Å². The molecular formula is C20H18N3O3-. The Morgan fingerprint density at radius 3 is 2.54 bits per heavy atom. The Bertz CT molecular complexity index is 980. The number of fused-ring (bicyclic) bond motifs is 3. The van der Waals surface area contributed by atoms with Gasteiger partial charge >= 0.3 is 0 Å². The number of nitrogens with zero attached hydrogens (tertiary/aromatic N) is 3. The summed E-state index contributed by atoms with van der Waals surface area (Å²) in [6, 6.07) is 16.0. The highest BCUT2D eigenvalue weighted by Crippen LogP contribution is 2.36. The second-order valence-electron chi connectivity index (χ2n) is 6.55. The molecule has 6 heteroatoms. The van der Waals surface area contributed by atoms with Crippen molar-refractivity contribution in [1.29, 1.82) is 0 Å². The molecule has 0 bridgehead atoms. The summed E-state index contributed by atoms with van der Waals surface area (Å²) in [7, 11) is 0. The van der Waals surface area contributed by atoms with Crippen LogP contribution >= 0.6 is 0 Å². The van der Waals surface area contributed by atoms with E-state index in [-0.39, 0.29) is 18.4 Å². The molecular weight excluding hydrogens is 330 g/mol. The van der Waals surface area contributed by atoms with Gasteiger partial charge in [0.2, 0.25) is 5.91 Å². The first kappa shape index (κ1) is 16.3. The van der Waals surface area contributed by atoms with Gasteiger partial charge in [0.15, 0.2) is 0 Å². The van der Waals surface area contributed by atoms with Gasteiger partial charge in [0.25, 0.3) is 0 Å². The average molecular weight is 348 g/mol.